The lowest BCUT2D eigenvalue weighted by molar-refractivity contribution is -0.122. The van der Waals surface area contributed by atoms with Gasteiger partial charge in [-0.1, -0.05) is 67.6 Å². The van der Waals surface area contributed by atoms with Gasteiger partial charge >= 0.3 is 6.03 Å². The second kappa shape index (κ2) is 8.83. The topological polar surface area (TPSA) is 71.4 Å². The minimum Gasteiger partial charge on any atom is -0.342 e. The molecule has 1 aliphatic rings. The van der Waals surface area contributed by atoms with E-state index in [-0.39, 0.29) is 5.57 Å². The highest BCUT2D eigenvalue weighted by Crippen LogP contribution is 2.27. The second-order valence-corrected chi connectivity index (χ2v) is 8.19. The first-order valence-electron chi connectivity index (χ1n) is 11.2. The maximum Gasteiger partial charge on any atom is 0.335 e. The molecule has 1 N–H and O–H groups in total. The number of carbonyl (C=O) groups is 3. The Morgan fingerprint density at radius 3 is 2.26 bits per heavy atom. The van der Waals surface area contributed by atoms with E-state index in [0.29, 0.717) is 12.2 Å². The van der Waals surface area contributed by atoms with Gasteiger partial charge in [-0.05, 0) is 41.8 Å². The van der Waals surface area contributed by atoms with Crippen molar-refractivity contribution in [1.82, 2.24) is 9.88 Å². The monoisotopic (exact) mass is 449 g/mol. The molecule has 6 heteroatoms. The van der Waals surface area contributed by atoms with Crippen LogP contribution in [0.3, 0.4) is 0 Å². The van der Waals surface area contributed by atoms with Crippen molar-refractivity contribution in [3.8, 4) is 0 Å². The van der Waals surface area contributed by atoms with Crippen LogP contribution in [0.15, 0.2) is 90.6 Å². The van der Waals surface area contributed by atoms with E-state index in [1.54, 1.807) is 18.2 Å². The van der Waals surface area contributed by atoms with E-state index < -0.39 is 17.8 Å². The Bertz CT molecular complexity index is 1430. The maximum absolute atomic E-state index is 13.3. The van der Waals surface area contributed by atoms with Crippen molar-refractivity contribution in [3.63, 3.8) is 0 Å². The van der Waals surface area contributed by atoms with Crippen LogP contribution >= 0.6 is 0 Å². The first kappa shape index (κ1) is 21.4. The summed E-state index contributed by atoms with van der Waals surface area (Å²) in [6, 6.07) is 24.3. The lowest BCUT2D eigenvalue weighted by Crippen LogP contribution is -2.54. The normalized spacial score (nSPS) is 15.3. The van der Waals surface area contributed by atoms with Crippen LogP contribution in [0.4, 0.5) is 10.5 Å². The summed E-state index contributed by atoms with van der Waals surface area (Å²) in [7, 11) is 0. The molecule has 0 spiro atoms. The van der Waals surface area contributed by atoms with E-state index >= 15 is 0 Å². The second-order valence-electron chi connectivity index (χ2n) is 8.19. The van der Waals surface area contributed by atoms with E-state index in [1.165, 1.54) is 0 Å². The molecule has 6 nitrogen and oxygen atoms in total. The van der Waals surface area contributed by atoms with Crippen molar-refractivity contribution in [2.24, 2.45) is 0 Å². The van der Waals surface area contributed by atoms with E-state index in [2.05, 4.69) is 22.0 Å². The van der Waals surface area contributed by atoms with Crippen molar-refractivity contribution < 1.29 is 14.4 Å². The molecule has 0 unspecified atom stereocenters. The highest BCUT2D eigenvalue weighted by Gasteiger charge is 2.37. The fraction of sp³-hybridized carbons (Fsp3) is 0.107. The molecule has 4 aromatic rings. The van der Waals surface area contributed by atoms with E-state index in [0.717, 1.165) is 38.9 Å². The minimum absolute atomic E-state index is 0.0817. The summed E-state index contributed by atoms with van der Waals surface area (Å²) < 4.78 is 2.09. The number of carbonyl (C=O) groups excluding carboxylic acids is 3. The number of rotatable bonds is 5. The lowest BCUT2D eigenvalue weighted by atomic mass is 10.1. The zero-order chi connectivity index (χ0) is 23.7. The molecule has 1 saturated heterocycles. The van der Waals surface area contributed by atoms with Gasteiger partial charge in [0.25, 0.3) is 11.8 Å². The Labute approximate surface area is 197 Å². The van der Waals surface area contributed by atoms with Crippen LogP contribution in [0.2, 0.25) is 0 Å². The largest absolute Gasteiger partial charge is 0.342 e. The van der Waals surface area contributed by atoms with E-state index in [1.807, 2.05) is 67.7 Å². The van der Waals surface area contributed by atoms with Gasteiger partial charge in [-0.3, -0.25) is 14.9 Å². The predicted octanol–water partition coefficient (Wildman–Crippen LogP) is 4.92. The third-order valence-corrected chi connectivity index (χ3v) is 6.02. The quantitative estimate of drug-likeness (QED) is 0.347. The Morgan fingerprint density at radius 2 is 1.53 bits per heavy atom. The molecule has 0 bridgehead atoms. The summed E-state index contributed by atoms with van der Waals surface area (Å²) >= 11 is 0. The molecule has 0 atom stereocenters. The highest BCUT2D eigenvalue weighted by molar-refractivity contribution is 6.39. The van der Waals surface area contributed by atoms with E-state index in [9.17, 15) is 14.4 Å². The summed E-state index contributed by atoms with van der Waals surface area (Å²) in [5.74, 6) is -1.34. The number of urea groups is 1. The molecule has 3 aromatic carbocycles. The van der Waals surface area contributed by atoms with Gasteiger partial charge in [0.1, 0.15) is 5.57 Å². The smallest absolute Gasteiger partial charge is 0.335 e. The molecule has 168 valence electrons. The van der Waals surface area contributed by atoms with Gasteiger partial charge in [0.2, 0.25) is 0 Å². The van der Waals surface area contributed by atoms with Crippen molar-refractivity contribution in [1.29, 1.82) is 0 Å². The van der Waals surface area contributed by atoms with Crippen molar-refractivity contribution in [3.05, 3.63) is 107 Å². The average Bonchev–Trinajstić information content (AvgIpc) is 3.20. The molecule has 0 aliphatic carbocycles. The number of aryl methyl sites for hydroxylation is 1. The molecular formula is C28H23N3O3. The maximum atomic E-state index is 13.3. The van der Waals surface area contributed by atoms with Gasteiger partial charge in [-0.2, -0.15) is 0 Å². The van der Waals surface area contributed by atoms with Crippen LogP contribution in [-0.2, 0) is 22.6 Å². The zero-order valence-corrected chi connectivity index (χ0v) is 18.7. The summed E-state index contributed by atoms with van der Waals surface area (Å²) in [5.41, 5.74) is 4.30. The number of nitrogens with one attached hydrogen (secondary N) is 1. The molecule has 4 amide bonds. The number of fused-ring (bicyclic) bond motifs is 1. The van der Waals surface area contributed by atoms with Crippen LogP contribution in [-0.4, -0.2) is 22.4 Å². The van der Waals surface area contributed by atoms with Gasteiger partial charge in [0.05, 0.1) is 5.69 Å². The summed E-state index contributed by atoms with van der Waals surface area (Å²) in [6.07, 6.45) is 4.35. The lowest BCUT2D eigenvalue weighted by Gasteiger charge is -2.26. The number of benzene rings is 3. The van der Waals surface area contributed by atoms with Crippen LogP contribution in [0.5, 0.6) is 0 Å². The number of barbiturate groups is 1. The number of amides is 4. The van der Waals surface area contributed by atoms with Crippen molar-refractivity contribution >= 4 is 40.5 Å². The average molecular weight is 450 g/mol. The molecule has 1 aromatic heterocycles. The SMILES string of the molecule is CCc1ccc(N2C(=O)NC(=O)/C(=C/c3cn(Cc4ccccc4)c4ccccc34)C2=O)cc1. The van der Waals surface area contributed by atoms with Gasteiger partial charge in [0.15, 0.2) is 0 Å². The van der Waals surface area contributed by atoms with Crippen LogP contribution in [0.25, 0.3) is 17.0 Å². The van der Waals surface area contributed by atoms with E-state index in [4.69, 9.17) is 0 Å². The number of para-hydroxylation sites is 1. The minimum atomic E-state index is -0.747. The van der Waals surface area contributed by atoms with Crippen LogP contribution in [0, 0.1) is 0 Å². The molecule has 1 aliphatic heterocycles. The van der Waals surface area contributed by atoms with Crippen molar-refractivity contribution in [2.75, 3.05) is 4.90 Å². The number of anilines is 1. The first-order valence-corrected chi connectivity index (χ1v) is 11.2. The zero-order valence-electron chi connectivity index (χ0n) is 18.7. The third kappa shape index (κ3) is 3.90. The first-order chi connectivity index (χ1) is 16.5. The molecule has 34 heavy (non-hydrogen) atoms. The number of hydrogen-bond acceptors (Lipinski definition) is 3. The van der Waals surface area contributed by atoms with Crippen molar-refractivity contribution in [2.45, 2.75) is 19.9 Å². The number of nitrogens with zero attached hydrogens (tertiary/aromatic N) is 2. The highest BCUT2D eigenvalue weighted by atomic mass is 16.2. The van der Waals surface area contributed by atoms with Gasteiger partial charge < -0.3 is 4.57 Å². The van der Waals surface area contributed by atoms with Crippen LogP contribution in [0.1, 0.15) is 23.6 Å². The summed E-state index contributed by atoms with van der Waals surface area (Å²) in [6.45, 7) is 2.68. The number of hydrogen-bond donors (Lipinski definition) is 1. The van der Waals surface area contributed by atoms with Crippen LogP contribution < -0.4 is 10.2 Å². The molecule has 2 heterocycles. The fourth-order valence-corrected chi connectivity index (χ4v) is 4.23. The Morgan fingerprint density at radius 1 is 0.824 bits per heavy atom. The molecule has 0 radical (unpaired) electrons. The number of imide groups is 2. The Hall–Kier alpha value is -4.45. The Kier molecular flexibility index (Phi) is 5.55. The molecule has 5 rings (SSSR count). The van der Waals surface area contributed by atoms with Gasteiger partial charge in [-0.15, -0.1) is 0 Å². The third-order valence-electron chi connectivity index (χ3n) is 6.02. The molecule has 1 fully saturated rings. The molecule has 0 saturated carbocycles. The predicted molar refractivity (Wildman–Crippen MR) is 132 cm³/mol. The standard InChI is InChI=1S/C28H23N3O3/c1-2-19-12-14-22(15-13-19)31-27(33)24(26(32)29-28(31)34)16-21-18-30(17-20-8-4-3-5-9-20)25-11-7-6-10-23(21)25/h3-16,18H,2,17H2,1H3,(H,29,32,34)/b24-16-. The molecular weight excluding hydrogens is 426 g/mol. The Balaban J connectivity index is 1.55. The van der Waals surface area contributed by atoms with Gasteiger partial charge in [-0.25, -0.2) is 9.69 Å². The fourth-order valence-electron chi connectivity index (χ4n) is 4.23. The number of aromatic nitrogens is 1. The van der Waals surface area contributed by atoms with Gasteiger partial charge in [0, 0.05) is 29.2 Å². The summed E-state index contributed by atoms with van der Waals surface area (Å²) in [5, 5.41) is 3.22. The summed E-state index contributed by atoms with van der Waals surface area (Å²) in [4.78, 5) is 39.5.